The van der Waals surface area contributed by atoms with Gasteiger partial charge < -0.3 is 10.1 Å². The Morgan fingerprint density at radius 3 is 2.27 bits per heavy atom. The van der Waals surface area contributed by atoms with Crippen molar-refractivity contribution in [2.45, 2.75) is 52.6 Å². The van der Waals surface area contributed by atoms with E-state index in [0.717, 1.165) is 12.8 Å². The first-order valence-corrected chi connectivity index (χ1v) is 6.08. The van der Waals surface area contributed by atoms with Gasteiger partial charge in [0.05, 0.1) is 6.61 Å². The highest BCUT2D eigenvalue weighted by atomic mass is 16.5. The minimum Gasteiger partial charge on any atom is -0.465 e. The molecule has 0 amide bonds. The van der Waals surface area contributed by atoms with Crippen LogP contribution in [0.4, 0.5) is 0 Å². The molecular weight excluding hydrogens is 190 g/mol. The molecule has 1 N–H and O–H groups in total. The summed E-state index contributed by atoms with van der Waals surface area (Å²) in [4.78, 5) is 11.7. The van der Waals surface area contributed by atoms with Crippen molar-refractivity contribution in [2.24, 2.45) is 11.8 Å². The lowest BCUT2D eigenvalue weighted by Crippen LogP contribution is -2.38. The fourth-order valence-corrected chi connectivity index (χ4v) is 2.82. The molecule has 1 saturated heterocycles. The fourth-order valence-electron chi connectivity index (χ4n) is 2.82. The van der Waals surface area contributed by atoms with Crippen LogP contribution in [0.3, 0.4) is 0 Å². The minimum atomic E-state index is -0.0881. The van der Waals surface area contributed by atoms with Gasteiger partial charge in [-0.1, -0.05) is 26.7 Å². The minimum absolute atomic E-state index is 0.0767. The van der Waals surface area contributed by atoms with Crippen molar-refractivity contribution in [2.75, 3.05) is 6.61 Å². The zero-order valence-electron chi connectivity index (χ0n) is 10.2. The molecule has 0 radical (unpaired) electrons. The van der Waals surface area contributed by atoms with Crippen LogP contribution in [0, 0.1) is 11.8 Å². The number of ether oxygens (including phenoxy) is 1. The Hall–Kier alpha value is -0.570. The van der Waals surface area contributed by atoms with Crippen molar-refractivity contribution >= 4 is 5.97 Å². The predicted octanol–water partition coefficient (Wildman–Crippen LogP) is 1.96. The summed E-state index contributed by atoms with van der Waals surface area (Å²) in [5.74, 6) is 0.959. The topological polar surface area (TPSA) is 38.3 Å². The zero-order valence-corrected chi connectivity index (χ0v) is 10.2. The highest BCUT2D eigenvalue weighted by Crippen LogP contribution is 2.32. The number of rotatable bonds is 4. The second-order valence-electron chi connectivity index (χ2n) is 4.33. The van der Waals surface area contributed by atoms with Crippen molar-refractivity contribution in [3.63, 3.8) is 0 Å². The standard InChI is InChI=1S/C12H23NO2/c1-5-9-8(4)13-11(10(9)6-2)12(14)15-7-3/h8-11,13H,5-7H2,1-4H3. The molecule has 15 heavy (non-hydrogen) atoms. The van der Waals surface area contributed by atoms with E-state index in [-0.39, 0.29) is 12.0 Å². The van der Waals surface area contributed by atoms with Gasteiger partial charge in [0.1, 0.15) is 6.04 Å². The first-order valence-electron chi connectivity index (χ1n) is 6.08. The molecule has 88 valence electrons. The Balaban J connectivity index is 2.69. The van der Waals surface area contributed by atoms with Crippen molar-refractivity contribution < 1.29 is 9.53 Å². The SMILES string of the molecule is CCOC(=O)C1NC(C)C(CC)C1CC. The zero-order chi connectivity index (χ0) is 11.4. The number of hydrogen-bond donors (Lipinski definition) is 1. The lowest BCUT2D eigenvalue weighted by Gasteiger charge is -2.21. The van der Waals surface area contributed by atoms with Crippen molar-refractivity contribution in [1.29, 1.82) is 0 Å². The van der Waals surface area contributed by atoms with Gasteiger partial charge in [0.2, 0.25) is 0 Å². The average Bonchev–Trinajstić information content (AvgIpc) is 2.54. The smallest absolute Gasteiger partial charge is 0.323 e. The third-order valence-electron chi connectivity index (χ3n) is 3.55. The first kappa shape index (κ1) is 12.5. The van der Waals surface area contributed by atoms with Crippen LogP contribution in [0.25, 0.3) is 0 Å². The van der Waals surface area contributed by atoms with Gasteiger partial charge in [-0.15, -0.1) is 0 Å². The number of hydrogen-bond acceptors (Lipinski definition) is 3. The number of carbonyl (C=O) groups is 1. The van der Waals surface area contributed by atoms with Crippen LogP contribution in [0.5, 0.6) is 0 Å². The Morgan fingerprint density at radius 1 is 1.20 bits per heavy atom. The summed E-state index contributed by atoms with van der Waals surface area (Å²) in [6.45, 7) is 8.83. The summed E-state index contributed by atoms with van der Waals surface area (Å²) in [6.07, 6.45) is 2.17. The van der Waals surface area contributed by atoms with E-state index in [0.29, 0.717) is 24.5 Å². The molecule has 4 unspecified atom stereocenters. The van der Waals surface area contributed by atoms with Crippen molar-refractivity contribution in [3.05, 3.63) is 0 Å². The molecule has 0 aliphatic carbocycles. The maximum atomic E-state index is 11.7. The van der Waals surface area contributed by atoms with Crippen LogP contribution in [0.1, 0.15) is 40.5 Å². The Bertz CT molecular complexity index is 218. The van der Waals surface area contributed by atoms with Gasteiger partial charge in [-0.05, 0) is 25.7 Å². The van der Waals surface area contributed by atoms with Crippen LogP contribution in [-0.2, 0) is 9.53 Å². The number of carbonyl (C=O) groups excluding carboxylic acids is 1. The van der Waals surface area contributed by atoms with E-state index < -0.39 is 0 Å². The molecule has 1 rings (SSSR count). The highest BCUT2D eigenvalue weighted by molar-refractivity contribution is 5.76. The molecule has 1 aliphatic heterocycles. The van der Waals surface area contributed by atoms with E-state index in [1.165, 1.54) is 0 Å². The lowest BCUT2D eigenvalue weighted by atomic mass is 9.84. The molecule has 4 atom stereocenters. The van der Waals surface area contributed by atoms with Crippen LogP contribution < -0.4 is 5.32 Å². The summed E-state index contributed by atoms with van der Waals surface area (Å²) in [7, 11) is 0. The molecule has 0 saturated carbocycles. The molecule has 3 heteroatoms. The monoisotopic (exact) mass is 213 g/mol. The molecule has 1 aliphatic rings. The van der Waals surface area contributed by atoms with E-state index in [2.05, 4.69) is 26.1 Å². The van der Waals surface area contributed by atoms with Crippen molar-refractivity contribution in [3.8, 4) is 0 Å². The normalized spacial score (nSPS) is 35.5. The molecule has 1 heterocycles. The number of nitrogens with one attached hydrogen (secondary N) is 1. The Labute approximate surface area is 92.6 Å². The predicted molar refractivity (Wildman–Crippen MR) is 60.6 cm³/mol. The average molecular weight is 213 g/mol. The summed E-state index contributed by atoms with van der Waals surface area (Å²) in [6, 6.07) is 0.337. The van der Waals surface area contributed by atoms with Gasteiger partial charge in [-0.25, -0.2) is 0 Å². The summed E-state index contributed by atoms with van der Waals surface area (Å²) in [5.41, 5.74) is 0. The van der Waals surface area contributed by atoms with Crippen LogP contribution in [-0.4, -0.2) is 24.7 Å². The van der Waals surface area contributed by atoms with Gasteiger partial charge in [0.15, 0.2) is 0 Å². The third-order valence-corrected chi connectivity index (χ3v) is 3.55. The molecule has 3 nitrogen and oxygen atoms in total. The number of esters is 1. The summed E-state index contributed by atoms with van der Waals surface area (Å²) in [5, 5.41) is 3.37. The van der Waals surface area contributed by atoms with E-state index in [9.17, 15) is 4.79 Å². The largest absolute Gasteiger partial charge is 0.465 e. The third kappa shape index (κ3) is 2.51. The maximum Gasteiger partial charge on any atom is 0.323 e. The van der Waals surface area contributed by atoms with E-state index >= 15 is 0 Å². The Kier molecular flexibility index (Phi) is 4.58. The summed E-state index contributed by atoms with van der Waals surface area (Å²) >= 11 is 0. The van der Waals surface area contributed by atoms with Gasteiger partial charge in [-0.3, -0.25) is 4.79 Å². The second kappa shape index (κ2) is 5.50. The second-order valence-corrected chi connectivity index (χ2v) is 4.33. The van der Waals surface area contributed by atoms with Gasteiger partial charge >= 0.3 is 5.97 Å². The van der Waals surface area contributed by atoms with Crippen LogP contribution in [0.2, 0.25) is 0 Å². The maximum absolute atomic E-state index is 11.7. The molecule has 0 bridgehead atoms. The van der Waals surface area contributed by atoms with Crippen molar-refractivity contribution in [1.82, 2.24) is 5.32 Å². The Morgan fingerprint density at radius 2 is 1.80 bits per heavy atom. The van der Waals surface area contributed by atoms with E-state index in [1.54, 1.807) is 0 Å². The van der Waals surface area contributed by atoms with Gasteiger partial charge in [-0.2, -0.15) is 0 Å². The lowest BCUT2D eigenvalue weighted by molar-refractivity contribution is -0.146. The molecular formula is C12H23NO2. The molecule has 0 spiro atoms. The van der Waals surface area contributed by atoms with Gasteiger partial charge in [0, 0.05) is 6.04 Å². The molecule has 0 aromatic carbocycles. The van der Waals surface area contributed by atoms with E-state index in [1.807, 2.05) is 6.92 Å². The quantitative estimate of drug-likeness (QED) is 0.725. The fraction of sp³-hybridized carbons (Fsp3) is 0.917. The molecule has 0 aromatic heterocycles. The molecule has 0 aromatic rings. The van der Waals surface area contributed by atoms with Crippen LogP contribution >= 0.6 is 0 Å². The first-order chi connectivity index (χ1) is 7.15. The van der Waals surface area contributed by atoms with Gasteiger partial charge in [0.25, 0.3) is 0 Å². The van der Waals surface area contributed by atoms with E-state index in [4.69, 9.17) is 4.74 Å². The molecule has 1 fully saturated rings. The van der Waals surface area contributed by atoms with Crippen LogP contribution in [0.15, 0.2) is 0 Å². The highest BCUT2D eigenvalue weighted by Gasteiger charge is 2.42. The summed E-state index contributed by atoms with van der Waals surface area (Å²) < 4.78 is 5.10.